The fraction of sp³-hybridized carbons (Fsp3) is 0.733. The van der Waals surface area contributed by atoms with Crippen LogP contribution >= 0.6 is 0 Å². The molecule has 20 heavy (non-hydrogen) atoms. The molecule has 1 aromatic heterocycles. The van der Waals surface area contributed by atoms with Crippen LogP contribution in [0.5, 0.6) is 0 Å². The van der Waals surface area contributed by atoms with Gasteiger partial charge in [0.2, 0.25) is 0 Å². The maximum atomic E-state index is 5.69. The van der Waals surface area contributed by atoms with Gasteiger partial charge in [-0.3, -0.25) is 0 Å². The van der Waals surface area contributed by atoms with Crippen molar-refractivity contribution in [2.24, 2.45) is 0 Å². The highest BCUT2D eigenvalue weighted by atomic mass is 16.7. The summed E-state index contributed by atoms with van der Waals surface area (Å²) in [6.45, 7) is 6.48. The first-order valence-electron chi connectivity index (χ1n) is 7.59. The van der Waals surface area contributed by atoms with E-state index in [1.165, 1.54) is 6.42 Å². The van der Waals surface area contributed by atoms with Crippen molar-refractivity contribution in [1.29, 1.82) is 0 Å². The van der Waals surface area contributed by atoms with Gasteiger partial charge < -0.3 is 14.8 Å². The number of nitrogens with one attached hydrogen (secondary N) is 1. The Morgan fingerprint density at radius 2 is 2.30 bits per heavy atom. The molecule has 0 radical (unpaired) electrons. The van der Waals surface area contributed by atoms with E-state index in [0.29, 0.717) is 0 Å². The Bertz CT molecular complexity index is 406. The van der Waals surface area contributed by atoms with Crippen molar-refractivity contribution in [1.82, 2.24) is 9.97 Å². The monoisotopic (exact) mass is 279 g/mol. The zero-order chi connectivity index (χ0) is 14.2. The van der Waals surface area contributed by atoms with E-state index < -0.39 is 0 Å². The third-order valence-electron chi connectivity index (χ3n) is 3.29. The van der Waals surface area contributed by atoms with E-state index in [2.05, 4.69) is 22.2 Å². The van der Waals surface area contributed by atoms with Crippen LogP contribution in [0.1, 0.15) is 44.1 Å². The lowest BCUT2D eigenvalue weighted by atomic mass is 10.2. The van der Waals surface area contributed by atoms with Gasteiger partial charge in [-0.2, -0.15) is 0 Å². The van der Waals surface area contributed by atoms with Crippen molar-refractivity contribution in [3.8, 4) is 0 Å². The van der Waals surface area contributed by atoms with Gasteiger partial charge in [-0.05, 0) is 32.6 Å². The Balaban J connectivity index is 1.64. The van der Waals surface area contributed by atoms with Crippen molar-refractivity contribution in [2.75, 3.05) is 25.1 Å². The highest BCUT2D eigenvalue weighted by molar-refractivity contribution is 5.35. The van der Waals surface area contributed by atoms with Gasteiger partial charge in [0.1, 0.15) is 11.6 Å². The summed E-state index contributed by atoms with van der Waals surface area (Å²) in [6.07, 6.45) is 5.22. The molecule has 1 aromatic rings. The summed E-state index contributed by atoms with van der Waals surface area (Å²) in [7, 11) is 0. The van der Waals surface area contributed by atoms with E-state index in [4.69, 9.17) is 9.47 Å². The average Bonchev–Trinajstić information content (AvgIpc) is 2.47. The molecule has 1 aliphatic heterocycles. The third kappa shape index (κ3) is 5.06. The van der Waals surface area contributed by atoms with Gasteiger partial charge in [0.05, 0.1) is 6.61 Å². The summed E-state index contributed by atoms with van der Waals surface area (Å²) in [5, 5.41) is 3.33. The topological polar surface area (TPSA) is 56.3 Å². The lowest BCUT2D eigenvalue weighted by Crippen LogP contribution is -2.23. The molecule has 112 valence electrons. The Morgan fingerprint density at radius 1 is 1.40 bits per heavy atom. The van der Waals surface area contributed by atoms with E-state index in [0.717, 1.165) is 62.8 Å². The summed E-state index contributed by atoms with van der Waals surface area (Å²) in [5.74, 6) is 1.79. The fourth-order valence-corrected chi connectivity index (χ4v) is 2.22. The largest absolute Gasteiger partial charge is 0.370 e. The second kappa shape index (κ2) is 8.17. The standard InChI is InChI=1S/C15H25N3O2/c1-3-13-17-12(2)11-14(18-13)16-8-6-10-20-15-7-4-5-9-19-15/h11,15H,3-10H2,1-2H3,(H,16,17,18). The van der Waals surface area contributed by atoms with Gasteiger partial charge in [0.25, 0.3) is 0 Å². The molecule has 0 amide bonds. The van der Waals surface area contributed by atoms with Crippen LogP contribution in [0.15, 0.2) is 6.07 Å². The van der Waals surface area contributed by atoms with E-state index in [-0.39, 0.29) is 6.29 Å². The molecule has 1 saturated heterocycles. The van der Waals surface area contributed by atoms with Crippen molar-refractivity contribution in [3.63, 3.8) is 0 Å². The van der Waals surface area contributed by atoms with Crippen LogP contribution in [0.2, 0.25) is 0 Å². The highest BCUT2D eigenvalue weighted by Gasteiger charge is 2.13. The molecule has 1 unspecified atom stereocenters. The normalized spacial score (nSPS) is 19.0. The van der Waals surface area contributed by atoms with Gasteiger partial charge >= 0.3 is 0 Å². The minimum atomic E-state index is 0.0109. The Morgan fingerprint density at radius 3 is 3.05 bits per heavy atom. The van der Waals surface area contributed by atoms with Crippen LogP contribution in [-0.4, -0.2) is 36.0 Å². The molecule has 0 saturated carbocycles. The molecule has 1 atom stereocenters. The SMILES string of the molecule is CCc1nc(C)cc(NCCCOC2CCCCO2)n1. The Kier molecular flexibility index (Phi) is 6.21. The first-order chi connectivity index (χ1) is 9.78. The number of hydrogen-bond acceptors (Lipinski definition) is 5. The second-order valence-electron chi connectivity index (χ2n) is 5.11. The van der Waals surface area contributed by atoms with Crippen molar-refractivity contribution >= 4 is 5.82 Å². The number of anilines is 1. The second-order valence-corrected chi connectivity index (χ2v) is 5.11. The van der Waals surface area contributed by atoms with E-state index >= 15 is 0 Å². The number of nitrogens with zero attached hydrogens (tertiary/aromatic N) is 2. The zero-order valence-electron chi connectivity index (χ0n) is 12.5. The van der Waals surface area contributed by atoms with Crippen LogP contribution in [0.4, 0.5) is 5.82 Å². The van der Waals surface area contributed by atoms with E-state index in [1.807, 2.05) is 13.0 Å². The summed E-state index contributed by atoms with van der Waals surface area (Å²) in [4.78, 5) is 8.82. The summed E-state index contributed by atoms with van der Waals surface area (Å²) < 4.78 is 11.2. The number of aromatic nitrogens is 2. The molecule has 0 aliphatic carbocycles. The maximum Gasteiger partial charge on any atom is 0.157 e. The lowest BCUT2D eigenvalue weighted by molar-refractivity contribution is -0.162. The molecular formula is C15H25N3O2. The van der Waals surface area contributed by atoms with Crippen LogP contribution in [0, 0.1) is 6.92 Å². The zero-order valence-corrected chi connectivity index (χ0v) is 12.5. The number of rotatable bonds is 7. The minimum absolute atomic E-state index is 0.0109. The van der Waals surface area contributed by atoms with Crippen molar-refractivity contribution < 1.29 is 9.47 Å². The minimum Gasteiger partial charge on any atom is -0.370 e. The van der Waals surface area contributed by atoms with Gasteiger partial charge in [0, 0.05) is 31.3 Å². The first kappa shape index (κ1) is 15.2. The molecule has 0 spiro atoms. The highest BCUT2D eigenvalue weighted by Crippen LogP contribution is 2.13. The van der Waals surface area contributed by atoms with Crippen molar-refractivity contribution in [3.05, 3.63) is 17.6 Å². The van der Waals surface area contributed by atoms with E-state index in [9.17, 15) is 0 Å². The fourth-order valence-electron chi connectivity index (χ4n) is 2.22. The smallest absolute Gasteiger partial charge is 0.157 e. The molecule has 0 bridgehead atoms. The predicted octanol–water partition coefficient (Wildman–Crippen LogP) is 2.69. The summed E-state index contributed by atoms with van der Waals surface area (Å²) in [5.41, 5.74) is 1.01. The summed E-state index contributed by atoms with van der Waals surface area (Å²) >= 11 is 0. The van der Waals surface area contributed by atoms with Gasteiger partial charge in [0.15, 0.2) is 6.29 Å². The average molecular weight is 279 g/mol. The molecule has 1 fully saturated rings. The predicted molar refractivity (Wildman–Crippen MR) is 78.8 cm³/mol. The number of hydrogen-bond donors (Lipinski definition) is 1. The van der Waals surface area contributed by atoms with Crippen LogP contribution in [0.3, 0.4) is 0 Å². The summed E-state index contributed by atoms with van der Waals surface area (Å²) in [6, 6.07) is 1.98. The Labute approximate surface area is 121 Å². The molecule has 2 heterocycles. The number of aryl methyl sites for hydroxylation is 2. The molecule has 5 heteroatoms. The van der Waals surface area contributed by atoms with Gasteiger partial charge in [-0.25, -0.2) is 9.97 Å². The molecular weight excluding hydrogens is 254 g/mol. The molecule has 1 N–H and O–H groups in total. The molecule has 5 nitrogen and oxygen atoms in total. The molecule has 0 aromatic carbocycles. The van der Waals surface area contributed by atoms with Gasteiger partial charge in [-0.15, -0.1) is 0 Å². The van der Waals surface area contributed by atoms with Crippen LogP contribution in [0.25, 0.3) is 0 Å². The maximum absolute atomic E-state index is 5.69. The lowest BCUT2D eigenvalue weighted by Gasteiger charge is -2.22. The van der Waals surface area contributed by atoms with Crippen LogP contribution < -0.4 is 5.32 Å². The van der Waals surface area contributed by atoms with Crippen LogP contribution in [-0.2, 0) is 15.9 Å². The van der Waals surface area contributed by atoms with Gasteiger partial charge in [-0.1, -0.05) is 6.92 Å². The Hall–Kier alpha value is -1.20. The third-order valence-corrected chi connectivity index (χ3v) is 3.29. The molecule has 2 rings (SSSR count). The quantitative estimate of drug-likeness (QED) is 0.778. The first-order valence-corrected chi connectivity index (χ1v) is 7.59. The molecule has 1 aliphatic rings. The van der Waals surface area contributed by atoms with E-state index in [1.54, 1.807) is 0 Å². The number of ether oxygens (including phenoxy) is 2. The van der Waals surface area contributed by atoms with Crippen molar-refractivity contribution in [2.45, 2.75) is 52.2 Å².